The fraction of sp³-hybridized carbons (Fsp3) is 0.500. The van der Waals surface area contributed by atoms with Crippen LogP contribution in [0.2, 0.25) is 0 Å². The summed E-state index contributed by atoms with van der Waals surface area (Å²) in [5, 5.41) is 0. The molecule has 16 heavy (non-hydrogen) atoms. The van der Waals surface area contributed by atoms with Crippen LogP contribution in [0.1, 0.15) is 27.2 Å². The van der Waals surface area contributed by atoms with Gasteiger partial charge in [0.15, 0.2) is 5.78 Å². The molecule has 0 fully saturated rings. The Morgan fingerprint density at radius 3 is 2.75 bits per heavy atom. The Kier molecular flexibility index (Phi) is 3.52. The van der Waals surface area contributed by atoms with Crippen LogP contribution in [-0.4, -0.2) is 28.4 Å². The maximum absolute atomic E-state index is 11.8. The van der Waals surface area contributed by atoms with Crippen molar-refractivity contribution in [3.05, 3.63) is 24.9 Å². The molecule has 4 nitrogen and oxygen atoms in total. The van der Waals surface area contributed by atoms with Gasteiger partial charge in [-0.25, -0.2) is 4.79 Å². The van der Waals surface area contributed by atoms with E-state index in [1.54, 1.807) is 26.8 Å². The first-order valence-corrected chi connectivity index (χ1v) is 5.18. The number of nitrogens with zero attached hydrogens (tertiary/aromatic N) is 1. The second kappa shape index (κ2) is 4.51. The van der Waals surface area contributed by atoms with Gasteiger partial charge in [-0.1, -0.05) is 6.08 Å². The largest absolute Gasteiger partial charge is 0.443 e. The van der Waals surface area contributed by atoms with E-state index in [0.717, 1.165) is 0 Å². The van der Waals surface area contributed by atoms with Crippen LogP contribution >= 0.6 is 0 Å². The summed E-state index contributed by atoms with van der Waals surface area (Å²) in [6.07, 6.45) is 4.21. The molecule has 0 aromatic heterocycles. The molecule has 88 valence electrons. The van der Waals surface area contributed by atoms with Crippen LogP contribution in [0.25, 0.3) is 0 Å². The number of carbonyl (C=O) groups excluding carboxylic acids is 2. The first kappa shape index (κ1) is 12.5. The standard InChI is InChI=1S/C12H17NO3/c1-5-9-8-10(14)6-7-13(9)11(15)16-12(2,3)4/h5-7,9H,1,8H2,2-4H3. The van der Waals surface area contributed by atoms with Crippen LogP contribution in [-0.2, 0) is 9.53 Å². The van der Waals surface area contributed by atoms with Crippen molar-refractivity contribution in [1.29, 1.82) is 0 Å². The molecule has 0 spiro atoms. The molecule has 1 amide bonds. The van der Waals surface area contributed by atoms with Gasteiger partial charge in [0.2, 0.25) is 0 Å². The van der Waals surface area contributed by atoms with E-state index in [-0.39, 0.29) is 18.2 Å². The van der Waals surface area contributed by atoms with Gasteiger partial charge in [-0.2, -0.15) is 0 Å². The highest BCUT2D eigenvalue weighted by atomic mass is 16.6. The molecule has 1 aliphatic heterocycles. The summed E-state index contributed by atoms with van der Waals surface area (Å²) in [4.78, 5) is 24.3. The first-order chi connectivity index (χ1) is 7.33. The fourth-order valence-corrected chi connectivity index (χ4v) is 1.35. The van der Waals surface area contributed by atoms with Gasteiger partial charge in [0.1, 0.15) is 5.60 Å². The zero-order valence-corrected chi connectivity index (χ0v) is 9.90. The van der Waals surface area contributed by atoms with Crippen molar-refractivity contribution < 1.29 is 14.3 Å². The predicted octanol–water partition coefficient (Wildman–Crippen LogP) is 2.26. The molecule has 1 rings (SSSR count). The summed E-state index contributed by atoms with van der Waals surface area (Å²) in [5.74, 6) is -0.00953. The molecule has 0 aromatic rings. The number of rotatable bonds is 1. The smallest absolute Gasteiger partial charge is 0.414 e. The number of hydrogen-bond donors (Lipinski definition) is 0. The molecule has 1 heterocycles. The van der Waals surface area contributed by atoms with Crippen molar-refractivity contribution >= 4 is 11.9 Å². The van der Waals surface area contributed by atoms with Gasteiger partial charge in [-0.3, -0.25) is 9.69 Å². The van der Waals surface area contributed by atoms with Gasteiger partial charge in [0.25, 0.3) is 0 Å². The number of hydrogen-bond acceptors (Lipinski definition) is 3. The van der Waals surface area contributed by atoms with E-state index in [4.69, 9.17) is 4.74 Å². The van der Waals surface area contributed by atoms with Gasteiger partial charge in [-0.15, -0.1) is 6.58 Å². The zero-order valence-electron chi connectivity index (χ0n) is 9.90. The van der Waals surface area contributed by atoms with E-state index in [1.807, 2.05) is 0 Å². The highest BCUT2D eigenvalue weighted by Crippen LogP contribution is 2.17. The quantitative estimate of drug-likeness (QED) is 0.640. The number of carbonyl (C=O) groups is 2. The van der Waals surface area contributed by atoms with E-state index in [9.17, 15) is 9.59 Å². The van der Waals surface area contributed by atoms with Crippen LogP contribution < -0.4 is 0 Å². The minimum absolute atomic E-state index is 0.00953. The highest BCUT2D eigenvalue weighted by Gasteiger charge is 2.28. The molecule has 0 bridgehead atoms. The third-order valence-corrected chi connectivity index (χ3v) is 2.07. The second-order valence-corrected chi connectivity index (χ2v) is 4.68. The normalized spacial score (nSPS) is 20.8. The SMILES string of the molecule is C=CC1CC(=O)C=CN1C(=O)OC(C)(C)C. The molecule has 0 saturated carbocycles. The Morgan fingerprint density at radius 2 is 2.25 bits per heavy atom. The summed E-state index contributed by atoms with van der Waals surface area (Å²) in [7, 11) is 0. The Hall–Kier alpha value is -1.58. The zero-order chi connectivity index (χ0) is 12.3. The van der Waals surface area contributed by atoms with Crippen molar-refractivity contribution in [2.75, 3.05) is 0 Å². The van der Waals surface area contributed by atoms with Crippen LogP contribution in [0.3, 0.4) is 0 Å². The highest BCUT2D eigenvalue weighted by molar-refractivity contribution is 5.92. The molecule has 0 saturated heterocycles. The minimum Gasteiger partial charge on any atom is -0.443 e. The number of amides is 1. The third kappa shape index (κ3) is 3.22. The summed E-state index contributed by atoms with van der Waals surface area (Å²) in [6.45, 7) is 9.01. The van der Waals surface area contributed by atoms with E-state index >= 15 is 0 Å². The molecule has 1 unspecified atom stereocenters. The monoisotopic (exact) mass is 223 g/mol. The van der Waals surface area contributed by atoms with Gasteiger partial charge >= 0.3 is 6.09 Å². The molecule has 1 atom stereocenters. The molecule has 0 radical (unpaired) electrons. The van der Waals surface area contributed by atoms with Crippen LogP contribution in [0.5, 0.6) is 0 Å². The van der Waals surface area contributed by atoms with Crippen molar-refractivity contribution in [3.8, 4) is 0 Å². The van der Waals surface area contributed by atoms with Crippen molar-refractivity contribution in [1.82, 2.24) is 4.90 Å². The topological polar surface area (TPSA) is 46.6 Å². The Balaban J connectivity index is 2.78. The molecular formula is C12H17NO3. The van der Waals surface area contributed by atoms with E-state index < -0.39 is 11.7 Å². The van der Waals surface area contributed by atoms with Crippen LogP contribution in [0, 0.1) is 0 Å². The molecular weight excluding hydrogens is 206 g/mol. The maximum atomic E-state index is 11.8. The van der Waals surface area contributed by atoms with Crippen molar-refractivity contribution in [2.45, 2.75) is 38.8 Å². The van der Waals surface area contributed by atoms with E-state index in [0.29, 0.717) is 0 Å². The molecule has 0 N–H and O–H groups in total. The lowest BCUT2D eigenvalue weighted by molar-refractivity contribution is -0.115. The van der Waals surface area contributed by atoms with E-state index in [1.165, 1.54) is 17.2 Å². The summed E-state index contributed by atoms with van der Waals surface area (Å²) in [6, 6.07) is -0.313. The average Bonchev–Trinajstić information content (AvgIpc) is 2.14. The fourth-order valence-electron chi connectivity index (χ4n) is 1.35. The number of ketones is 1. The molecule has 4 heteroatoms. The Labute approximate surface area is 95.6 Å². The third-order valence-electron chi connectivity index (χ3n) is 2.07. The van der Waals surface area contributed by atoms with Crippen LogP contribution in [0.15, 0.2) is 24.9 Å². The second-order valence-electron chi connectivity index (χ2n) is 4.68. The maximum Gasteiger partial charge on any atom is 0.414 e. The summed E-state index contributed by atoms with van der Waals surface area (Å²) < 4.78 is 5.22. The number of ether oxygens (including phenoxy) is 1. The summed E-state index contributed by atoms with van der Waals surface area (Å²) >= 11 is 0. The van der Waals surface area contributed by atoms with Crippen molar-refractivity contribution in [3.63, 3.8) is 0 Å². The van der Waals surface area contributed by atoms with Crippen LogP contribution in [0.4, 0.5) is 4.79 Å². The Morgan fingerprint density at radius 1 is 1.62 bits per heavy atom. The van der Waals surface area contributed by atoms with Gasteiger partial charge in [0, 0.05) is 12.6 Å². The lowest BCUT2D eigenvalue weighted by Gasteiger charge is -2.31. The van der Waals surface area contributed by atoms with Gasteiger partial charge < -0.3 is 4.74 Å². The lowest BCUT2D eigenvalue weighted by Crippen LogP contribution is -2.41. The van der Waals surface area contributed by atoms with E-state index in [2.05, 4.69) is 6.58 Å². The molecule has 0 aliphatic carbocycles. The lowest BCUT2D eigenvalue weighted by atomic mass is 10.1. The van der Waals surface area contributed by atoms with Gasteiger partial charge in [0.05, 0.1) is 6.04 Å². The Bertz CT molecular complexity index is 339. The molecule has 1 aliphatic rings. The average molecular weight is 223 g/mol. The first-order valence-electron chi connectivity index (χ1n) is 5.18. The summed E-state index contributed by atoms with van der Waals surface area (Å²) in [5.41, 5.74) is -0.544. The predicted molar refractivity (Wildman–Crippen MR) is 60.8 cm³/mol. The van der Waals surface area contributed by atoms with Gasteiger partial charge in [-0.05, 0) is 26.8 Å². The van der Waals surface area contributed by atoms with Crippen molar-refractivity contribution in [2.24, 2.45) is 0 Å². The minimum atomic E-state index is -0.544. The number of allylic oxidation sites excluding steroid dienone is 1. The molecule has 0 aromatic carbocycles.